The van der Waals surface area contributed by atoms with Crippen molar-refractivity contribution in [3.05, 3.63) is 64.9 Å². The van der Waals surface area contributed by atoms with Crippen LogP contribution >= 0.6 is 11.6 Å². The van der Waals surface area contributed by atoms with E-state index in [9.17, 15) is 9.60 Å². The monoisotopic (exact) mass is 419 g/mol. The molecule has 1 aliphatic heterocycles. The highest BCUT2D eigenvalue weighted by molar-refractivity contribution is 6.30. The number of anilines is 1. The predicted octanol–water partition coefficient (Wildman–Crippen LogP) is 3.54. The van der Waals surface area contributed by atoms with E-state index in [4.69, 9.17) is 17.3 Å². The number of aliphatic imine (C=N–C) groups is 1. The van der Waals surface area contributed by atoms with Crippen LogP contribution in [-0.4, -0.2) is 54.0 Å². The minimum absolute atomic E-state index is 0.221. The predicted molar refractivity (Wildman–Crippen MR) is 115 cm³/mol. The van der Waals surface area contributed by atoms with Crippen LogP contribution in [-0.2, 0) is 6.54 Å². The molecular weight excluding hydrogens is 393 g/mol. The lowest BCUT2D eigenvalue weighted by atomic mass is 10.0. The van der Waals surface area contributed by atoms with Crippen LogP contribution in [0.5, 0.6) is 0 Å². The van der Waals surface area contributed by atoms with Crippen molar-refractivity contribution in [3.8, 4) is 0 Å². The zero-order chi connectivity index (χ0) is 20.8. The molecule has 29 heavy (non-hydrogen) atoms. The molecule has 1 atom stereocenters. The third-order valence-corrected chi connectivity index (χ3v) is 5.51. The molecule has 2 aromatic carbocycles. The van der Waals surface area contributed by atoms with Crippen molar-refractivity contribution in [2.24, 2.45) is 10.7 Å². The number of nitrogens with two attached hydrogens (primary N) is 1. The van der Waals surface area contributed by atoms with E-state index in [1.165, 1.54) is 18.5 Å². The van der Waals surface area contributed by atoms with Gasteiger partial charge in [0, 0.05) is 29.8 Å². The Bertz CT molecular complexity index is 794. The van der Waals surface area contributed by atoms with Gasteiger partial charge in [-0.25, -0.2) is 14.4 Å². The topological polar surface area (TPSA) is 68.3 Å². The standard InChI is InChI=1S/C21H27ClFN5O/c1-26(19-10-12-27(13-11-19)20-8-6-18(23)7-9-20)21(24)25-15-28(29)14-16-2-4-17(22)5-3-16/h2-9,15,19,21,29H,10-14,24H2,1H3. The third-order valence-electron chi connectivity index (χ3n) is 5.26. The van der Waals surface area contributed by atoms with Crippen LogP contribution in [0.2, 0.25) is 5.02 Å². The quantitative estimate of drug-likeness (QED) is 0.311. The van der Waals surface area contributed by atoms with Gasteiger partial charge in [0.15, 0.2) is 6.29 Å². The summed E-state index contributed by atoms with van der Waals surface area (Å²) >= 11 is 5.87. The fourth-order valence-corrected chi connectivity index (χ4v) is 3.59. The molecule has 0 amide bonds. The second kappa shape index (κ2) is 10.0. The molecular formula is C21H27ClFN5O. The van der Waals surface area contributed by atoms with E-state index < -0.39 is 6.29 Å². The fourth-order valence-electron chi connectivity index (χ4n) is 3.47. The highest BCUT2D eigenvalue weighted by atomic mass is 35.5. The van der Waals surface area contributed by atoms with Gasteiger partial charge in [-0.2, -0.15) is 0 Å². The molecule has 6 nitrogen and oxygen atoms in total. The molecule has 1 unspecified atom stereocenters. The van der Waals surface area contributed by atoms with Gasteiger partial charge in [0.1, 0.15) is 12.2 Å². The number of nitrogens with zero attached hydrogens (tertiary/aromatic N) is 4. The second-order valence-electron chi connectivity index (χ2n) is 7.26. The first-order valence-electron chi connectivity index (χ1n) is 9.63. The molecule has 0 aromatic heterocycles. The Balaban J connectivity index is 1.47. The van der Waals surface area contributed by atoms with Crippen LogP contribution < -0.4 is 10.6 Å². The van der Waals surface area contributed by atoms with E-state index in [0.717, 1.165) is 42.2 Å². The summed E-state index contributed by atoms with van der Waals surface area (Å²) in [6, 6.07) is 14.1. The molecule has 0 saturated carbocycles. The summed E-state index contributed by atoms with van der Waals surface area (Å²) in [6.45, 7) is 2.05. The molecule has 0 bridgehead atoms. The minimum Gasteiger partial charge on any atom is -0.371 e. The molecule has 0 radical (unpaired) electrons. The first kappa shape index (κ1) is 21.5. The maximum Gasteiger partial charge on any atom is 0.155 e. The molecule has 1 saturated heterocycles. The van der Waals surface area contributed by atoms with Gasteiger partial charge < -0.3 is 4.90 Å². The van der Waals surface area contributed by atoms with Gasteiger partial charge in [-0.15, -0.1) is 0 Å². The van der Waals surface area contributed by atoms with Crippen LogP contribution in [0.1, 0.15) is 18.4 Å². The van der Waals surface area contributed by atoms with Crippen molar-refractivity contribution in [3.63, 3.8) is 0 Å². The van der Waals surface area contributed by atoms with Crippen molar-refractivity contribution in [1.29, 1.82) is 0 Å². The van der Waals surface area contributed by atoms with Crippen LogP contribution in [0.15, 0.2) is 53.5 Å². The van der Waals surface area contributed by atoms with E-state index in [0.29, 0.717) is 17.6 Å². The fraction of sp³-hybridized carbons (Fsp3) is 0.381. The lowest BCUT2D eigenvalue weighted by Crippen LogP contribution is -2.49. The second-order valence-corrected chi connectivity index (χ2v) is 7.70. The summed E-state index contributed by atoms with van der Waals surface area (Å²) < 4.78 is 13.1. The zero-order valence-corrected chi connectivity index (χ0v) is 17.2. The van der Waals surface area contributed by atoms with Gasteiger partial charge in [-0.3, -0.25) is 15.8 Å². The molecule has 8 heteroatoms. The maximum atomic E-state index is 13.1. The van der Waals surface area contributed by atoms with Gasteiger partial charge in [0.05, 0.1) is 6.54 Å². The number of hydrogen-bond donors (Lipinski definition) is 2. The van der Waals surface area contributed by atoms with Gasteiger partial charge in [-0.1, -0.05) is 23.7 Å². The summed E-state index contributed by atoms with van der Waals surface area (Å²) in [4.78, 5) is 8.55. The lowest BCUT2D eigenvalue weighted by Gasteiger charge is -2.39. The summed E-state index contributed by atoms with van der Waals surface area (Å²) in [7, 11) is 1.95. The highest BCUT2D eigenvalue weighted by Crippen LogP contribution is 2.23. The van der Waals surface area contributed by atoms with Crippen molar-refractivity contribution in [2.45, 2.75) is 31.7 Å². The molecule has 1 heterocycles. The number of hydroxylamine groups is 2. The lowest BCUT2D eigenvalue weighted by molar-refractivity contribution is -0.0177. The first-order valence-corrected chi connectivity index (χ1v) is 10.0. The smallest absolute Gasteiger partial charge is 0.155 e. The Morgan fingerprint density at radius 2 is 1.83 bits per heavy atom. The van der Waals surface area contributed by atoms with Gasteiger partial charge in [0.2, 0.25) is 0 Å². The van der Waals surface area contributed by atoms with E-state index in [1.54, 1.807) is 12.1 Å². The molecule has 2 aromatic rings. The van der Waals surface area contributed by atoms with Gasteiger partial charge in [-0.05, 0) is 61.9 Å². The van der Waals surface area contributed by atoms with E-state index >= 15 is 0 Å². The van der Waals surface area contributed by atoms with Crippen LogP contribution in [0.4, 0.5) is 10.1 Å². The minimum atomic E-state index is -0.544. The molecule has 1 aliphatic rings. The summed E-state index contributed by atoms with van der Waals surface area (Å²) in [5, 5.41) is 11.7. The van der Waals surface area contributed by atoms with Gasteiger partial charge >= 0.3 is 0 Å². The maximum absolute atomic E-state index is 13.1. The molecule has 156 valence electrons. The molecule has 1 fully saturated rings. The van der Waals surface area contributed by atoms with Crippen LogP contribution in [0, 0.1) is 5.82 Å². The zero-order valence-electron chi connectivity index (χ0n) is 16.5. The Morgan fingerprint density at radius 1 is 1.21 bits per heavy atom. The number of piperidine rings is 1. The van der Waals surface area contributed by atoms with E-state index in [-0.39, 0.29) is 5.82 Å². The van der Waals surface area contributed by atoms with Gasteiger partial charge in [0.25, 0.3) is 0 Å². The molecule has 0 spiro atoms. The van der Waals surface area contributed by atoms with Crippen molar-refractivity contribution in [1.82, 2.24) is 9.96 Å². The van der Waals surface area contributed by atoms with E-state index in [2.05, 4.69) is 9.89 Å². The van der Waals surface area contributed by atoms with Crippen molar-refractivity contribution >= 4 is 23.6 Å². The largest absolute Gasteiger partial charge is 0.371 e. The van der Waals surface area contributed by atoms with Crippen LogP contribution in [0.3, 0.4) is 0 Å². The molecule has 0 aliphatic carbocycles. The van der Waals surface area contributed by atoms with E-state index in [1.807, 2.05) is 36.2 Å². The number of benzene rings is 2. The number of rotatable bonds is 7. The highest BCUT2D eigenvalue weighted by Gasteiger charge is 2.25. The SMILES string of the molecule is CN(C1CCN(c2ccc(F)cc2)CC1)C(N)N=CN(O)Cc1ccc(Cl)cc1. The summed E-state index contributed by atoms with van der Waals surface area (Å²) in [5.74, 6) is -0.221. The average Bonchev–Trinajstić information content (AvgIpc) is 2.74. The Labute approximate surface area is 175 Å². The Hall–Kier alpha value is -2.19. The first-order chi connectivity index (χ1) is 13.9. The van der Waals surface area contributed by atoms with Crippen molar-refractivity contribution in [2.75, 3.05) is 25.0 Å². The normalized spacial score (nSPS) is 16.6. The number of hydrogen-bond acceptors (Lipinski definition) is 5. The number of halogens is 2. The summed E-state index contributed by atoms with van der Waals surface area (Å²) in [5.41, 5.74) is 8.14. The summed E-state index contributed by atoms with van der Waals surface area (Å²) in [6.07, 6.45) is 2.68. The molecule has 3 N–H and O–H groups in total. The Morgan fingerprint density at radius 3 is 2.45 bits per heavy atom. The third kappa shape index (κ3) is 6.14. The molecule has 3 rings (SSSR count). The Kier molecular flexibility index (Phi) is 7.44. The van der Waals surface area contributed by atoms with Crippen molar-refractivity contribution < 1.29 is 9.60 Å². The average molecular weight is 420 g/mol. The van der Waals surface area contributed by atoms with Crippen LogP contribution in [0.25, 0.3) is 0 Å².